The van der Waals surface area contributed by atoms with Crippen molar-refractivity contribution in [3.63, 3.8) is 0 Å². The number of benzene rings is 1. The minimum atomic E-state index is -0.928. The molecule has 5 nitrogen and oxygen atoms in total. The van der Waals surface area contributed by atoms with Crippen LogP contribution in [0.2, 0.25) is 0 Å². The summed E-state index contributed by atoms with van der Waals surface area (Å²) in [5.74, 6) is -2.76. The van der Waals surface area contributed by atoms with Gasteiger partial charge in [0.15, 0.2) is 23.2 Å². The molecule has 7 heteroatoms. The number of oxime groups is 1. The van der Waals surface area contributed by atoms with E-state index in [2.05, 4.69) is 5.16 Å². The van der Waals surface area contributed by atoms with Gasteiger partial charge >= 0.3 is 0 Å². The van der Waals surface area contributed by atoms with Crippen molar-refractivity contribution in [2.24, 2.45) is 10.9 Å². The molecule has 112 valence electrons. The van der Waals surface area contributed by atoms with E-state index in [1.165, 1.54) is 0 Å². The Bertz CT molecular complexity index is 476. The number of halogens is 2. The quantitative estimate of drug-likeness (QED) is 0.286. The normalized spacial score (nSPS) is 12.6. The predicted octanol–water partition coefficient (Wildman–Crippen LogP) is 2.25. The van der Waals surface area contributed by atoms with Crippen LogP contribution in [0.25, 0.3) is 0 Å². The second-order valence-corrected chi connectivity index (χ2v) is 5.06. The lowest BCUT2D eigenvalue weighted by atomic mass is 10.2. The van der Waals surface area contributed by atoms with Crippen LogP contribution in [0.1, 0.15) is 26.3 Å². The van der Waals surface area contributed by atoms with Gasteiger partial charge < -0.3 is 20.4 Å². The fraction of sp³-hybridized carbons (Fsp3) is 0.462. The zero-order chi connectivity index (χ0) is 15.3. The summed E-state index contributed by atoms with van der Waals surface area (Å²) in [6.45, 7) is 5.79. The summed E-state index contributed by atoms with van der Waals surface area (Å²) in [7, 11) is 0. The van der Waals surface area contributed by atoms with Crippen LogP contribution >= 0.6 is 0 Å². The van der Waals surface area contributed by atoms with Crippen molar-refractivity contribution >= 4 is 5.84 Å². The molecule has 0 radical (unpaired) electrons. The average molecular weight is 288 g/mol. The molecule has 1 aromatic rings. The summed E-state index contributed by atoms with van der Waals surface area (Å²) in [6.07, 6.45) is 0. The molecular formula is C13H18F2N2O3. The second kappa shape index (κ2) is 6.51. The highest BCUT2D eigenvalue weighted by Crippen LogP contribution is 2.23. The molecule has 0 spiro atoms. The van der Waals surface area contributed by atoms with E-state index < -0.39 is 17.4 Å². The maximum Gasteiger partial charge on any atom is 0.190 e. The summed E-state index contributed by atoms with van der Waals surface area (Å²) >= 11 is 0. The van der Waals surface area contributed by atoms with Gasteiger partial charge in [0, 0.05) is 5.56 Å². The van der Waals surface area contributed by atoms with Crippen LogP contribution in [-0.2, 0) is 4.74 Å². The molecule has 1 rings (SSSR count). The third-order valence-corrected chi connectivity index (χ3v) is 2.27. The van der Waals surface area contributed by atoms with Crippen molar-refractivity contribution in [3.05, 3.63) is 29.3 Å². The average Bonchev–Trinajstić information content (AvgIpc) is 2.34. The van der Waals surface area contributed by atoms with Gasteiger partial charge in [0.25, 0.3) is 0 Å². The largest absolute Gasteiger partial charge is 0.485 e. The molecule has 0 aliphatic rings. The molecule has 0 aliphatic heterocycles. The van der Waals surface area contributed by atoms with E-state index in [1.807, 2.05) is 20.8 Å². The van der Waals surface area contributed by atoms with E-state index >= 15 is 0 Å². The van der Waals surface area contributed by atoms with Crippen LogP contribution in [-0.4, -0.2) is 29.9 Å². The van der Waals surface area contributed by atoms with E-state index in [-0.39, 0.29) is 30.2 Å². The first-order valence-electron chi connectivity index (χ1n) is 5.98. The first-order valence-corrected chi connectivity index (χ1v) is 5.98. The lowest BCUT2D eigenvalue weighted by Crippen LogP contribution is -2.22. The Morgan fingerprint density at radius 1 is 1.25 bits per heavy atom. The topological polar surface area (TPSA) is 77.1 Å². The molecule has 0 aliphatic carbocycles. The van der Waals surface area contributed by atoms with Crippen LogP contribution in [0.4, 0.5) is 8.78 Å². The van der Waals surface area contributed by atoms with E-state index in [0.717, 1.165) is 12.1 Å². The highest BCUT2D eigenvalue weighted by Gasteiger charge is 2.15. The fourth-order valence-electron chi connectivity index (χ4n) is 1.39. The van der Waals surface area contributed by atoms with E-state index in [4.69, 9.17) is 20.4 Å². The molecule has 0 heterocycles. The van der Waals surface area contributed by atoms with Gasteiger partial charge in [-0.25, -0.2) is 8.78 Å². The summed E-state index contributed by atoms with van der Waals surface area (Å²) in [4.78, 5) is 0. The van der Waals surface area contributed by atoms with E-state index in [1.54, 1.807) is 0 Å². The Hall–Kier alpha value is -1.89. The standard InChI is InChI=1S/C13H18F2N2O3/c1-13(2,3)20-5-4-19-11-9(14)6-8(7-10(11)15)12(16)17-18/h6-7,18H,4-5H2,1-3H3,(H2,16,17). The van der Waals surface area contributed by atoms with Crippen LogP contribution in [0.15, 0.2) is 17.3 Å². The van der Waals surface area contributed by atoms with Crippen molar-refractivity contribution in [2.75, 3.05) is 13.2 Å². The van der Waals surface area contributed by atoms with Gasteiger partial charge in [-0.3, -0.25) is 0 Å². The van der Waals surface area contributed by atoms with Gasteiger partial charge in [-0.15, -0.1) is 0 Å². The number of nitrogens with two attached hydrogens (primary N) is 1. The monoisotopic (exact) mass is 288 g/mol. The number of ether oxygens (including phenoxy) is 2. The van der Waals surface area contributed by atoms with Gasteiger partial charge in [0.2, 0.25) is 0 Å². The van der Waals surface area contributed by atoms with Crippen molar-refractivity contribution in [1.29, 1.82) is 0 Å². The van der Waals surface area contributed by atoms with Gasteiger partial charge in [0.1, 0.15) is 6.61 Å². The maximum atomic E-state index is 13.7. The minimum absolute atomic E-state index is 0.00796. The van der Waals surface area contributed by atoms with Gasteiger partial charge in [-0.2, -0.15) is 0 Å². The van der Waals surface area contributed by atoms with Crippen molar-refractivity contribution in [2.45, 2.75) is 26.4 Å². The number of nitrogens with zero attached hydrogens (tertiary/aromatic N) is 1. The molecule has 0 amide bonds. The smallest absolute Gasteiger partial charge is 0.190 e. The first kappa shape index (κ1) is 16.2. The number of hydrogen-bond acceptors (Lipinski definition) is 4. The SMILES string of the molecule is CC(C)(C)OCCOc1c(F)cc(C(N)=NO)cc1F. The lowest BCUT2D eigenvalue weighted by molar-refractivity contribution is -0.0170. The first-order chi connectivity index (χ1) is 9.24. The summed E-state index contributed by atoms with van der Waals surface area (Å²) < 4.78 is 37.7. The molecule has 3 N–H and O–H groups in total. The molecule has 20 heavy (non-hydrogen) atoms. The molecule has 0 bridgehead atoms. The van der Waals surface area contributed by atoms with Crippen molar-refractivity contribution < 1.29 is 23.5 Å². The summed E-state index contributed by atoms with van der Waals surface area (Å²) in [5, 5.41) is 11.1. The number of hydrogen-bond donors (Lipinski definition) is 2. The molecule has 0 atom stereocenters. The predicted molar refractivity (Wildman–Crippen MR) is 70.1 cm³/mol. The zero-order valence-electron chi connectivity index (χ0n) is 11.6. The zero-order valence-corrected chi connectivity index (χ0v) is 11.6. The Morgan fingerprint density at radius 3 is 2.25 bits per heavy atom. The lowest BCUT2D eigenvalue weighted by Gasteiger charge is -2.19. The molecule has 0 unspecified atom stereocenters. The molecular weight excluding hydrogens is 270 g/mol. The second-order valence-electron chi connectivity index (χ2n) is 5.06. The Balaban J connectivity index is 2.72. The highest BCUT2D eigenvalue weighted by molar-refractivity contribution is 5.97. The molecule has 0 aromatic heterocycles. The summed E-state index contributed by atoms with van der Waals surface area (Å²) in [6, 6.07) is 1.86. The van der Waals surface area contributed by atoms with Crippen LogP contribution < -0.4 is 10.5 Å². The molecule has 0 saturated heterocycles. The Kier molecular flexibility index (Phi) is 5.26. The maximum absolute atomic E-state index is 13.7. The van der Waals surface area contributed by atoms with Crippen LogP contribution in [0.3, 0.4) is 0 Å². The van der Waals surface area contributed by atoms with Gasteiger partial charge in [-0.05, 0) is 32.9 Å². The van der Waals surface area contributed by atoms with Gasteiger partial charge in [0.05, 0.1) is 12.2 Å². The Morgan fingerprint density at radius 2 is 1.80 bits per heavy atom. The molecule has 1 aromatic carbocycles. The fourth-order valence-corrected chi connectivity index (χ4v) is 1.39. The third kappa shape index (κ3) is 4.65. The van der Waals surface area contributed by atoms with Crippen LogP contribution in [0.5, 0.6) is 5.75 Å². The van der Waals surface area contributed by atoms with E-state index in [0.29, 0.717) is 0 Å². The van der Waals surface area contributed by atoms with Crippen molar-refractivity contribution in [3.8, 4) is 5.75 Å². The molecule has 0 saturated carbocycles. The highest BCUT2D eigenvalue weighted by atomic mass is 19.1. The minimum Gasteiger partial charge on any atom is -0.485 e. The van der Waals surface area contributed by atoms with Gasteiger partial charge in [-0.1, -0.05) is 5.16 Å². The number of amidine groups is 1. The van der Waals surface area contributed by atoms with E-state index in [9.17, 15) is 8.78 Å². The van der Waals surface area contributed by atoms with Crippen molar-refractivity contribution in [1.82, 2.24) is 0 Å². The Labute approximate surface area is 116 Å². The molecule has 0 fully saturated rings. The van der Waals surface area contributed by atoms with Crippen LogP contribution in [0, 0.1) is 11.6 Å². The number of rotatable bonds is 5. The third-order valence-electron chi connectivity index (χ3n) is 2.27. The summed E-state index contributed by atoms with van der Waals surface area (Å²) in [5.41, 5.74) is 4.84.